The Balaban J connectivity index is 2.40. The number of methoxy groups -OCH3 is 1. The quantitative estimate of drug-likeness (QED) is 0.908. The lowest BCUT2D eigenvalue weighted by atomic mass is 10.3. The number of hydrogen-bond acceptors (Lipinski definition) is 4. The Kier molecular flexibility index (Phi) is 4.83. The summed E-state index contributed by atoms with van der Waals surface area (Å²) < 4.78 is 32.7. The first-order valence-corrected chi connectivity index (χ1v) is 8.33. The molecule has 2 rings (SSSR count). The number of nitrogens with zero attached hydrogens (tertiary/aromatic N) is 1. The molecule has 0 saturated heterocycles. The van der Waals surface area contributed by atoms with Gasteiger partial charge in [0.25, 0.3) is 10.0 Å². The lowest BCUT2D eigenvalue weighted by Gasteiger charge is -2.15. The molecule has 2 aromatic carbocycles. The maximum absolute atomic E-state index is 12.6. The van der Waals surface area contributed by atoms with Crippen LogP contribution in [0.4, 0.5) is 11.4 Å². The van der Waals surface area contributed by atoms with Crippen molar-refractivity contribution in [2.75, 3.05) is 30.8 Å². The predicted octanol–water partition coefficient (Wildman–Crippen LogP) is 3.22. The number of halogens is 1. The van der Waals surface area contributed by atoms with Gasteiger partial charge in [-0.3, -0.25) is 4.72 Å². The van der Waals surface area contributed by atoms with E-state index in [9.17, 15) is 8.42 Å². The molecule has 0 heterocycles. The van der Waals surface area contributed by atoms with Gasteiger partial charge < -0.3 is 9.64 Å². The molecule has 5 nitrogen and oxygen atoms in total. The second kappa shape index (κ2) is 6.46. The summed E-state index contributed by atoms with van der Waals surface area (Å²) in [7, 11) is 1.38. The molecule has 0 aliphatic rings. The van der Waals surface area contributed by atoms with Crippen LogP contribution in [0.3, 0.4) is 0 Å². The molecule has 0 bridgehead atoms. The molecule has 22 heavy (non-hydrogen) atoms. The summed E-state index contributed by atoms with van der Waals surface area (Å²) in [6.45, 7) is 0. The third-order valence-electron chi connectivity index (χ3n) is 3.03. The van der Waals surface area contributed by atoms with Crippen molar-refractivity contribution in [1.29, 1.82) is 0 Å². The highest BCUT2D eigenvalue weighted by atomic mass is 35.5. The number of hydrogen-bond donors (Lipinski definition) is 1. The van der Waals surface area contributed by atoms with Crippen LogP contribution in [0, 0.1) is 0 Å². The zero-order valence-corrected chi connectivity index (χ0v) is 14.1. The number of anilines is 2. The van der Waals surface area contributed by atoms with Crippen molar-refractivity contribution in [1.82, 2.24) is 0 Å². The number of benzene rings is 2. The van der Waals surface area contributed by atoms with Gasteiger partial charge in [0.15, 0.2) is 0 Å². The molecule has 0 amide bonds. The molecule has 0 radical (unpaired) electrons. The number of rotatable bonds is 5. The molecule has 0 aliphatic heterocycles. The fraction of sp³-hybridized carbons (Fsp3) is 0.200. The van der Waals surface area contributed by atoms with E-state index in [-0.39, 0.29) is 10.6 Å². The summed E-state index contributed by atoms with van der Waals surface area (Å²) in [6, 6.07) is 11.5. The predicted molar refractivity (Wildman–Crippen MR) is 89.6 cm³/mol. The first-order valence-electron chi connectivity index (χ1n) is 6.47. The molecule has 0 saturated carbocycles. The van der Waals surface area contributed by atoms with Gasteiger partial charge in [-0.05, 0) is 36.4 Å². The second-order valence-corrected chi connectivity index (χ2v) is 6.93. The highest BCUT2D eigenvalue weighted by molar-refractivity contribution is 7.92. The second-order valence-electron chi connectivity index (χ2n) is 4.85. The molecule has 0 unspecified atom stereocenters. The van der Waals surface area contributed by atoms with E-state index in [2.05, 4.69) is 4.72 Å². The third-order valence-corrected chi connectivity index (χ3v) is 4.67. The molecular formula is C15H17ClN2O3S. The Bertz CT molecular complexity index is 776. The van der Waals surface area contributed by atoms with Gasteiger partial charge in [0.1, 0.15) is 10.6 Å². The molecule has 0 aliphatic carbocycles. The van der Waals surface area contributed by atoms with Crippen molar-refractivity contribution in [3.8, 4) is 5.75 Å². The summed E-state index contributed by atoms with van der Waals surface area (Å²) in [5, 5.41) is 0.322. The summed E-state index contributed by atoms with van der Waals surface area (Å²) in [5.74, 6) is 0.237. The average molecular weight is 341 g/mol. The van der Waals surface area contributed by atoms with Crippen LogP contribution in [0.25, 0.3) is 0 Å². The number of nitrogens with one attached hydrogen (secondary N) is 1. The van der Waals surface area contributed by atoms with Crippen molar-refractivity contribution in [3.63, 3.8) is 0 Å². The van der Waals surface area contributed by atoms with E-state index in [1.807, 2.05) is 25.1 Å². The minimum atomic E-state index is -3.80. The Morgan fingerprint density at radius 1 is 1.14 bits per heavy atom. The molecule has 0 spiro atoms. The SMILES string of the molecule is COc1ccc(Cl)cc1S(=O)(=O)Nc1cccc(N(C)C)c1. The minimum absolute atomic E-state index is 0.00208. The summed E-state index contributed by atoms with van der Waals surface area (Å²) in [4.78, 5) is 1.88. The molecule has 7 heteroatoms. The van der Waals surface area contributed by atoms with E-state index in [0.29, 0.717) is 10.7 Å². The fourth-order valence-corrected chi connectivity index (χ4v) is 3.40. The Morgan fingerprint density at radius 2 is 1.86 bits per heavy atom. The third kappa shape index (κ3) is 3.64. The molecule has 0 fully saturated rings. The number of sulfonamides is 1. The van der Waals surface area contributed by atoms with Gasteiger partial charge in [0, 0.05) is 24.8 Å². The topological polar surface area (TPSA) is 58.6 Å². The highest BCUT2D eigenvalue weighted by Crippen LogP contribution is 2.29. The molecule has 2 aromatic rings. The van der Waals surface area contributed by atoms with Gasteiger partial charge in [0.2, 0.25) is 0 Å². The van der Waals surface area contributed by atoms with E-state index in [1.165, 1.54) is 19.2 Å². The summed E-state index contributed by atoms with van der Waals surface area (Å²) >= 11 is 5.90. The lowest BCUT2D eigenvalue weighted by molar-refractivity contribution is 0.403. The van der Waals surface area contributed by atoms with Gasteiger partial charge in [-0.25, -0.2) is 8.42 Å². The summed E-state index contributed by atoms with van der Waals surface area (Å²) in [6.07, 6.45) is 0. The van der Waals surface area contributed by atoms with Gasteiger partial charge in [-0.1, -0.05) is 17.7 Å². The number of ether oxygens (including phenoxy) is 1. The molecule has 118 valence electrons. The van der Waals surface area contributed by atoms with E-state index in [0.717, 1.165) is 5.69 Å². The van der Waals surface area contributed by atoms with Crippen LogP contribution in [-0.4, -0.2) is 29.6 Å². The van der Waals surface area contributed by atoms with Crippen molar-refractivity contribution in [3.05, 3.63) is 47.5 Å². The first kappa shape index (κ1) is 16.5. The van der Waals surface area contributed by atoms with Gasteiger partial charge in [-0.2, -0.15) is 0 Å². The van der Waals surface area contributed by atoms with Crippen molar-refractivity contribution in [2.45, 2.75) is 4.90 Å². The molecule has 0 aromatic heterocycles. The van der Waals surface area contributed by atoms with Gasteiger partial charge >= 0.3 is 0 Å². The molecule has 1 N–H and O–H groups in total. The monoisotopic (exact) mass is 340 g/mol. The maximum atomic E-state index is 12.6. The van der Waals surface area contributed by atoms with E-state index < -0.39 is 10.0 Å². The van der Waals surface area contributed by atoms with Crippen LogP contribution in [0.1, 0.15) is 0 Å². The average Bonchev–Trinajstić information content (AvgIpc) is 2.47. The largest absolute Gasteiger partial charge is 0.495 e. The zero-order chi connectivity index (χ0) is 16.3. The fourth-order valence-electron chi connectivity index (χ4n) is 1.92. The standard InChI is InChI=1S/C15H17ClN2O3S/c1-18(2)13-6-4-5-12(10-13)17-22(19,20)15-9-11(16)7-8-14(15)21-3/h4-10,17H,1-3H3. The normalized spacial score (nSPS) is 11.1. The Labute approximate surface area is 135 Å². The first-order chi connectivity index (χ1) is 10.3. The van der Waals surface area contributed by atoms with Crippen molar-refractivity contribution < 1.29 is 13.2 Å². The van der Waals surface area contributed by atoms with Gasteiger partial charge in [0.05, 0.1) is 12.8 Å². The van der Waals surface area contributed by atoms with Crippen molar-refractivity contribution in [2.24, 2.45) is 0 Å². The minimum Gasteiger partial charge on any atom is -0.495 e. The lowest BCUT2D eigenvalue weighted by Crippen LogP contribution is -2.15. The van der Waals surface area contributed by atoms with Crippen LogP contribution in [0.15, 0.2) is 47.4 Å². The summed E-state index contributed by atoms with van der Waals surface area (Å²) in [5.41, 5.74) is 1.35. The van der Waals surface area contributed by atoms with Crippen LogP contribution < -0.4 is 14.4 Å². The van der Waals surface area contributed by atoms with Crippen LogP contribution in [0.2, 0.25) is 5.02 Å². The smallest absolute Gasteiger partial charge is 0.265 e. The van der Waals surface area contributed by atoms with E-state index in [4.69, 9.17) is 16.3 Å². The van der Waals surface area contributed by atoms with Gasteiger partial charge in [-0.15, -0.1) is 0 Å². The molecule has 0 atom stereocenters. The zero-order valence-electron chi connectivity index (χ0n) is 12.5. The van der Waals surface area contributed by atoms with E-state index >= 15 is 0 Å². The highest BCUT2D eigenvalue weighted by Gasteiger charge is 2.20. The Morgan fingerprint density at radius 3 is 2.50 bits per heavy atom. The van der Waals surface area contributed by atoms with Crippen molar-refractivity contribution >= 4 is 33.0 Å². The maximum Gasteiger partial charge on any atom is 0.265 e. The van der Waals surface area contributed by atoms with Crippen LogP contribution >= 0.6 is 11.6 Å². The molecular weight excluding hydrogens is 324 g/mol. The Hall–Kier alpha value is -1.92. The van der Waals surface area contributed by atoms with Crippen LogP contribution in [-0.2, 0) is 10.0 Å². The van der Waals surface area contributed by atoms with Crippen LogP contribution in [0.5, 0.6) is 5.75 Å². The van der Waals surface area contributed by atoms with E-state index in [1.54, 1.807) is 24.3 Å².